The molecule has 0 spiro atoms. The molecule has 0 aromatic heterocycles. The van der Waals surface area contributed by atoms with E-state index >= 15 is 0 Å². The molecule has 3 N–H and O–H groups in total. The maximum Gasteiger partial charge on any atom is 0.326 e. The molecule has 5 rings (SSSR count). The van der Waals surface area contributed by atoms with E-state index in [1.807, 2.05) is 78.9 Å². The number of hydrogen-bond donors (Lipinski definition) is 3. The van der Waals surface area contributed by atoms with Crippen LogP contribution in [0.2, 0.25) is 5.02 Å². The second kappa shape index (κ2) is 13.7. The van der Waals surface area contributed by atoms with Crippen molar-refractivity contribution < 1.29 is 27.9 Å². The average molecular weight is 641 g/mol. The minimum absolute atomic E-state index is 0.0415. The van der Waals surface area contributed by atoms with Gasteiger partial charge in [-0.15, -0.1) is 0 Å². The molecule has 0 radical (unpaired) electrons. The van der Waals surface area contributed by atoms with Crippen molar-refractivity contribution in [1.29, 1.82) is 0 Å². The lowest BCUT2D eigenvalue weighted by Crippen LogP contribution is -2.42. The Hall–Kier alpha value is -5.12. The van der Waals surface area contributed by atoms with Crippen molar-refractivity contribution in [1.82, 2.24) is 5.32 Å². The molecule has 0 aliphatic rings. The van der Waals surface area contributed by atoms with Gasteiger partial charge in [-0.2, -0.15) is 0 Å². The van der Waals surface area contributed by atoms with Crippen molar-refractivity contribution >= 4 is 44.7 Å². The number of carbonyl (C=O) groups excluding carboxylic acids is 1. The molecule has 10 heteroatoms. The van der Waals surface area contributed by atoms with Gasteiger partial charge in [-0.05, 0) is 71.8 Å². The summed E-state index contributed by atoms with van der Waals surface area (Å²) < 4.78 is 29.7. The summed E-state index contributed by atoms with van der Waals surface area (Å²) in [6.07, 6.45) is 1.16. The first-order valence-corrected chi connectivity index (χ1v) is 16.2. The second-order valence-corrected chi connectivity index (χ2v) is 12.7. The molecule has 228 valence electrons. The molecule has 1 amide bonds. The molecule has 0 aliphatic heterocycles. The fourth-order valence-corrected chi connectivity index (χ4v) is 5.46. The highest BCUT2D eigenvalue weighted by Crippen LogP contribution is 2.33. The van der Waals surface area contributed by atoms with Gasteiger partial charge in [-0.1, -0.05) is 72.3 Å². The summed E-state index contributed by atoms with van der Waals surface area (Å²) in [7, 11) is -3.37. The van der Waals surface area contributed by atoms with E-state index in [0.29, 0.717) is 28.4 Å². The van der Waals surface area contributed by atoms with Gasteiger partial charge in [-0.3, -0.25) is 4.79 Å². The van der Waals surface area contributed by atoms with Crippen LogP contribution in [0.15, 0.2) is 126 Å². The fraction of sp³-hybridized carbons (Fsp3) is 0.0857. The average Bonchev–Trinajstić information content (AvgIpc) is 3.02. The lowest BCUT2D eigenvalue weighted by molar-refractivity contribution is -0.139. The van der Waals surface area contributed by atoms with Gasteiger partial charge in [0.1, 0.15) is 17.5 Å². The maximum absolute atomic E-state index is 13.4. The van der Waals surface area contributed by atoms with Gasteiger partial charge in [0.15, 0.2) is 9.84 Å². The third-order valence-electron chi connectivity index (χ3n) is 6.95. The largest absolute Gasteiger partial charge is 0.480 e. The van der Waals surface area contributed by atoms with Crippen LogP contribution in [0.3, 0.4) is 0 Å². The molecule has 8 nitrogen and oxygen atoms in total. The number of nitrogens with one attached hydrogen (secondary N) is 2. The quantitative estimate of drug-likeness (QED) is 0.138. The van der Waals surface area contributed by atoms with Crippen molar-refractivity contribution in [3.05, 3.63) is 137 Å². The number of rotatable bonds is 11. The summed E-state index contributed by atoms with van der Waals surface area (Å²) in [6.45, 7) is 0. The Morgan fingerprint density at radius 1 is 0.844 bits per heavy atom. The number of ether oxygens (including phenoxy) is 1. The third-order valence-corrected chi connectivity index (χ3v) is 8.32. The summed E-state index contributed by atoms with van der Waals surface area (Å²) in [5.41, 5.74) is 3.51. The standard InChI is InChI=1S/C35H29ClN2O6S/c1-45(42,43)28-18-16-26(17-19-28)37-31-20-15-25(36)22-30(31)34(39)38-32(35(40)41)21-23-11-13-24(14-12-23)29-9-5-6-10-33(29)44-27-7-3-2-4-8-27/h2-20,22,32,37H,21H2,1H3,(H,38,39)(H,40,41). The molecular weight excluding hydrogens is 612 g/mol. The summed E-state index contributed by atoms with van der Waals surface area (Å²) in [5.74, 6) is -0.431. The zero-order valence-corrected chi connectivity index (χ0v) is 25.7. The fourth-order valence-electron chi connectivity index (χ4n) is 4.66. The SMILES string of the molecule is CS(=O)(=O)c1ccc(Nc2ccc(Cl)cc2C(=O)NC(Cc2ccc(-c3ccccc3Oc3ccccc3)cc2)C(=O)O)cc1. The summed E-state index contributed by atoms with van der Waals surface area (Å²) in [6, 6.07) is 34.0. The molecule has 5 aromatic carbocycles. The number of halogens is 1. The molecule has 0 heterocycles. The molecule has 0 bridgehead atoms. The van der Waals surface area contributed by atoms with E-state index in [4.69, 9.17) is 16.3 Å². The predicted molar refractivity (Wildman–Crippen MR) is 175 cm³/mol. The molecule has 0 aliphatic carbocycles. The lowest BCUT2D eigenvalue weighted by Gasteiger charge is -2.18. The summed E-state index contributed by atoms with van der Waals surface area (Å²) >= 11 is 6.19. The van der Waals surface area contributed by atoms with Gasteiger partial charge < -0.3 is 20.5 Å². The Morgan fingerprint density at radius 2 is 1.51 bits per heavy atom. The molecule has 0 saturated carbocycles. The van der Waals surface area contributed by atoms with E-state index in [0.717, 1.165) is 17.4 Å². The second-order valence-electron chi connectivity index (χ2n) is 10.3. The smallest absolute Gasteiger partial charge is 0.326 e. The van der Waals surface area contributed by atoms with Gasteiger partial charge in [0, 0.05) is 29.0 Å². The van der Waals surface area contributed by atoms with Crippen molar-refractivity contribution in [2.24, 2.45) is 0 Å². The minimum Gasteiger partial charge on any atom is -0.480 e. The molecule has 0 saturated heterocycles. The van der Waals surface area contributed by atoms with Crippen molar-refractivity contribution in [2.75, 3.05) is 11.6 Å². The molecule has 1 atom stereocenters. The maximum atomic E-state index is 13.4. The van der Waals surface area contributed by atoms with Crippen molar-refractivity contribution in [3.8, 4) is 22.6 Å². The van der Waals surface area contributed by atoms with Crippen LogP contribution in [-0.2, 0) is 21.1 Å². The van der Waals surface area contributed by atoms with Crippen LogP contribution < -0.4 is 15.4 Å². The number of para-hydroxylation sites is 2. The van der Waals surface area contributed by atoms with Gasteiger partial charge in [0.2, 0.25) is 0 Å². The Bertz CT molecular complexity index is 1930. The highest BCUT2D eigenvalue weighted by molar-refractivity contribution is 7.90. The van der Waals surface area contributed by atoms with Gasteiger partial charge in [0.25, 0.3) is 5.91 Å². The van der Waals surface area contributed by atoms with Crippen LogP contribution in [0.4, 0.5) is 11.4 Å². The highest BCUT2D eigenvalue weighted by atomic mass is 35.5. The van der Waals surface area contributed by atoms with Crippen LogP contribution in [0.5, 0.6) is 11.5 Å². The summed E-state index contributed by atoms with van der Waals surface area (Å²) in [4.78, 5) is 25.7. The zero-order valence-electron chi connectivity index (χ0n) is 24.1. The first-order chi connectivity index (χ1) is 21.6. The third kappa shape index (κ3) is 8.08. The number of carbonyl (C=O) groups is 2. The van der Waals surface area contributed by atoms with E-state index in [2.05, 4.69) is 10.6 Å². The van der Waals surface area contributed by atoms with Crippen LogP contribution in [-0.4, -0.2) is 37.7 Å². The highest BCUT2D eigenvalue weighted by Gasteiger charge is 2.23. The number of hydrogen-bond acceptors (Lipinski definition) is 6. The number of amides is 1. The predicted octanol–water partition coefficient (Wildman–Crippen LogP) is 7.37. The number of benzene rings is 5. The Kier molecular flexibility index (Phi) is 9.51. The first-order valence-electron chi connectivity index (χ1n) is 13.9. The molecule has 1 unspecified atom stereocenters. The molecular formula is C35H29ClN2O6S. The number of aliphatic carboxylic acids is 1. The van der Waals surface area contributed by atoms with Crippen LogP contribution in [0.1, 0.15) is 15.9 Å². The minimum atomic E-state index is -3.37. The Labute approximate surface area is 266 Å². The molecule has 5 aromatic rings. The topological polar surface area (TPSA) is 122 Å². The van der Waals surface area contributed by atoms with E-state index in [1.165, 1.54) is 18.2 Å². The van der Waals surface area contributed by atoms with E-state index in [1.54, 1.807) is 24.3 Å². The Balaban J connectivity index is 1.31. The van der Waals surface area contributed by atoms with Crippen LogP contribution in [0, 0.1) is 0 Å². The first kappa shape index (κ1) is 31.3. The van der Waals surface area contributed by atoms with Crippen molar-refractivity contribution in [2.45, 2.75) is 17.4 Å². The van der Waals surface area contributed by atoms with Crippen molar-refractivity contribution in [3.63, 3.8) is 0 Å². The zero-order chi connectivity index (χ0) is 32.0. The Morgan fingerprint density at radius 3 is 2.18 bits per heavy atom. The monoisotopic (exact) mass is 640 g/mol. The number of carboxylic acids is 1. The van der Waals surface area contributed by atoms with Crippen LogP contribution in [0.25, 0.3) is 11.1 Å². The van der Waals surface area contributed by atoms with Gasteiger partial charge in [0.05, 0.1) is 16.1 Å². The number of anilines is 2. The summed E-state index contributed by atoms with van der Waals surface area (Å²) in [5, 5.41) is 15.9. The molecule has 0 fully saturated rings. The number of sulfone groups is 1. The number of carboxylic acid groups (broad SMARTS) is 1. The lowest BCUT2D eigenvalue weighted by atomic mass is 9.99. The van der Waals surface area contributed by atoms with E-state index in [9.17, 15) is 23.1 Å². The van der Waals surface area contributed by atoms with Crippen LogP contribution >= 0.6 is 11.6 Å². The van der Waals surface area contributed by atoms with E-state index in [-0.39, 0.29) is 21.9 Å². The van der Waals surface area contributed by atoms with E-state index < -0.39 is 27.8 Å². The molecule has 45 heavy (non-hydrogen) atoms. The van der Waals surface area contributed by atoms with Gasteiger partial charge >= 0.3 is 5.97 Å². The normalized spacial score (nSPS) is 11.8. The van der Waals surface area contributed by atoms with Gasteiger partial charge in [-0.25, -0.2) is 13.2 Å².